The number of hydrogen-bond acceptors (Lipinski definition) is 11. The van der Waals surface area contributed by atoms with Crippen LogP contribution in [0.15, 0.2) is 24.3 Å². The number of benzene rings is 2. The van der Waals surface area contributed by atoms with Crippen LogP contribution in [0, 0.1) is 29.4 Å². The maximum Gasteiger partial charge on any atom is 0.319 e. The first kappa shape index (κ1) is 34.7. The van der Waals surface area contributed by atoms with Crippen molar-refractivity contribution in [1.82, 2.24) is 19.9 Å². The average molecular weight is 716 g/mol. The van der Waals surface area contributed by atoms with Crippen molar-refractivity contribution in [2.24, 2.45) is 5.41 Å². The van der Waals surface area contributed by atoms with E-state index >= 15 is 8.78 Å². The van der Waals surface area contributed by atoms with Crippen LogP contribution in [-0.4, -0.2) is 101 Å². The van der Waals surface area contributed by atoms with Crippen molar-refractivity contribution >= 4 is 27.5 Å². The number of likely N-dealkylation sites (tertiary alicyclic amines) is 1. The first-order valence-corrected chi connectivity index (χ1v) is 18.1. The second kappa shape index (κ2) is 13.6. The number of morpholine rings is 1. The van der Waals surface area contributed by atoms with Crippen LogP contribution < -0.4 is 14.4 Å². The molecule has 3 aliphatic heterocycles. The molecule has 274 valence electrons. The minimum absolute atomic E-state index is 0.0132. The molecule has 3 saturated heterocycles. The summed E-state index contributed by atoms with van der Waals surface area (Å²) in [6.07, 6.45) is 13.4. The SMILES string of the molecule is C#Cc1c(F)ccc2cc(O)cc(-c3nc(OC)c4c(N5CCO[C@@](C)(O)C5)nc(OC[C@]56CCC[C@H]5N(C[C@@H]5CCCO5)CCC6)nc4c3F)c12. The molecule has 0 unspecified atom stereocenters. The standard InChI is InChI=1S/C39H43F2N5O6/c1-4-26-28(40)11-10-23-18-24(47)19-27(30(23)26)33-32(41)34-31(36(42-33)49-3)35(46-15-17-52-38(2,48)21-46)44-37(43-34)51-22-39-12-5-9-29(39)45(14-7-13-39)20-25-8-6-16-50-25/h1,10-11,18-19,25,29,47-48H,5-9,12-17,20-22H2,2-3H3/t25-,29+,38+,39+/m0/s1. The van der Waals surface area contributed by atoms with E-state index in [2.05, 4.69) is 20.8 Å². The number of aromatic hydroxyl groups is 1. The second-order valence-corrected chi connectivity index (χ2v) is 14.7. The van der Waals surface area contributed by atoms with Crippen molar-refractivity contribution in [2.75, 3.05) is 58.0 Å². The molecule has 8 rings (SSSR count). The highest BCUT2D eigenvalue weighted by atomic mass is 19.1. The highest BCUT2D eigenvalue weighted by Crippen LogP contribution is 2.49. The van der Waals surface area contributed by atoms with Crippen molar-refractivity contribution in [1.29, 1.82) is 0 Å². The van der Waals surface area contributed by atoms with E-state index in [0.717, 1.165) is 64.6 Å². The van der Waals surface area contributed by atoms with Crippen LogP contribution in [0.1, 0.15) is 57.4 Å². The van der Waals surface area contributed by atoms with Gasteiger partial charge in [-0.1, -0.05) is 18.4 Å². The van der Waals surface area contributed by atoms with E-state index in [1.54, 1.807) is 11.8 Å². The Labute approximate surface area is 300 Å². The molecule has 0 radical (unpaired) electrons. The number of aliphatic hydroxyl groups is 1. The van der Waals surface area contributed by atoms with Gasteiger partial charge in [-0.25, -0.2) is 13.8 Å². The smallest absolute Gasteiger partial charge is 0.319 e. The largest absolute Gasteiger partial charge is 0.508 e. The first-order valence-electron chi connectivity index (χ1n) is 18.1. The number of aromatic nitrogens is 3. The van der Waals surface area contributed by atoms with Gasteiger partial charge in [0.15, 0.2) is 11.6 Å². The Morgan fingerprint density at radius 3 is 2.67 bits per heavy atom. The lowest BCUT2D eigenvalue weighted by molar-refractivity contribution is -0.193. The molecular weight excluding hydrogens is 672 g/mol. The molecule has 5 heterocycles. The Bertz CT molecular complexity index is 2070. The number of piperidine rings is 1. The minimum Gasteiger partial charge on any atom is -0.508 e. The van der Waals surface area contributed by atoms with E-state index in [1.807, 2.05) is 0 Å². The number of halogens is 2. The van der Waals surface area contributed by atoms with Crippen LogP contribution in [0.4, 0.5) is 14.6 Å². The number of methoxy groups -OCH3 is 1. The fraction of sp³-hybridized carbons (Fsp3) is 0.513. The summed E-state index contributed by atoms with van der Waals surface area (Å²) in [7, 11) is 1.39. The molecule has 4 atom stereocenters. The molecule has 0 spiro atoms. The summed E-state index contributed by atoms with van der Waals surface area (Å²) in [5, 5.41) is 22.3. The third kappa shape index (κ3) is 6.15. The van der Waals surface area contributed by atoms with E-state index in [9.17, 15) is 10.2 Å². The summed E-state index contributed by atoms with van der Waals surface area (Å²) < 4.78 is 56.1. The summed E-state index contributed by atoms with van der Waals surface area (Å²) in [6, 6.07) is 5.69. The lowest BCUT2D eigenvalue weighted by atomic mass is 9.75. The number of terminal acetylenes is 1. The molecule has 4 aliphatic rings. The molecule has 11 nitrogen and oxygen atoms in total. The number of rotatable bonds is 8. The lowest BCUT2D eigenvalue weighted by Gasteiger charge is -2.46. The monoisotopic (exact) mass is 715 g/mol. The Hall–Kier alpha value is -4.35. The maximum atomic E-state index is 17.2. The highest BCUT2D eigenvalue weighted by molar-refractivity contribution is 6.04. The van der Waals surface area contributed by atoms with Gasteiger partial charge in [-0.2, -0.15) is 9.97 Å². The van der Waals surface area contributed by atoms with Gasteiger partial charge in [0, 0.05) is 42.1 Å². The lowest BCUT2D eigenvalue weighted by Crippen LogP contribution is -2.53. The zero-order valence-electron chi connectivity index (χ0n) is 29.5. The number of fused-ring (bicyclic) bond motifs is 3. The maximum absolute atomic E-state index is 17.2. The topological polar surface area (TPSA) is 123 Å². The molecule has 0 amide bonds. The molecule has 1 aliphatic carbocycles. The molecule has 52 heavy (non-hydrogen) atoms. The zero-order chi connectivity index (χ0) is 36.2. The number of nitrogens with zero attached hydrogens (tertiary/aromatic N) is 5. The Morgan fingerprint density at radius 1 is 1.06 bits per heavy atom. The summed E-state index contributed by atoms with van der Waals surface area (Å²) in [5.41, 5.74) is -0.538. The second-order valence-electron chi connectivity index (χ2n) is 14.7. The molecule has 4 fully saturated rings. The highest BCUT2D eigenvalue weighted by Gasteiger charge is 2.49. The number of phenols is 1. The number of ether oxygens (including phenoxy) is 4. The number of β-amino-alcohol motifs (C(OH)–C–C–N with tert-alkyl or cyclic N) is 1. The third-order valence-electron chi connectivity index (χ3n) is 11.3. The van der Waals surface area contributed by atoms with Gasteiger partial charge < -0.3 is 34.1 Å². The summed E-state index contributed by atoms with van der Waals surface area (Å²) in [5.74, 6) is -0.598. The molecule has 0 bridgehead atoms. The van der Waals surface area contributed by atoms with E-state index in [-0.39, 0.29) is 81.2 Å². The van der Waals surface area contributed by atoms with Crippen LogP contribution in [-0.2, 0) is 9.47 Å². The van der Waals surface area contributed by atoms with Crippen molar-refractivity contribution in [3.63, 3.8) is 0 Å². The average Bonchev–Trinajstić information content (AvgIpc) is 3.81. The van der Waals surface area contributed by atoms with Crippen molar-refractivity contribution in [2.45, 2.75) is 69.8 Å². The van der Waals surface area contributed by atoms with Gasteiger partial charge >= 0.3 is 6.01 Å². The predicted octanol–water partition coefficient (Wildman–Crippen LogP) is 5.56. The number of pyridine rings is 1. The van der Waals surface area contributed by atoms with E-state index in [4.69, 9.17) is 30.4 Å². The molecule has 4 aromatic rings. The normalized spacial score (nSPS) is 26.5. The van der Waals surface area contributed by atoms with E-state index in [1.165, 1.54) is 31.4 Å². The molecule has 13 heteroatoms. The van der Waals surface area contributed by atoms with Crippen LogP contribution in [0.3, 0.4) is 0 Å². The predicted molar refractivity (Wildman–Crippen MR) is 190 cm³/mol. The fourth-order valence-electron chi connectivity index (χ4n) is 9.00. The van der Waals surface area contributed by atoms with Crippen LogP contribution >= 0.6 is 0 Å². The summed E-state index contributed by atoms with van der Waals surface area (Å²) in [6.45, 7) is 5.20. The number of phenolic OH excluding ortho intramolecular Hbond substituents is 1. The minimum atomic E-state index is -1.50. The molecule has 2 aromatic carbocycles. The van der Waals surface area contributed by atoms with Crippen molar-refractivity contribution in [3.05, 3.63) is 41.5 Å². The van der Waals surface area contributed by atoms with E-state index < -0.39 is 17.4 Å². The molecule has 2 N–H and O–H groups in total. The van der Waals surface area contributed by atoms with E-state index in [0.29, 0.717) is 24.6 Å². The van der Waals surface area contributed by atoms with Gasteiger partial charge in [-0.05, 0) is 75.6 Å². The first-order chi connectivity index (χ1) is 25.1. The number of hydrogen-bond donors (Lipinski definition) is 2. The fourth-order valence-corrected chi connectivity index (χ4v) is 9.00. The molecule has 1 saturated carbocycles. The van der Waals surface area contributed by atoms with Crippen molar-refractivity contribution < 1.29 is 37.9 Å². The molecule has 2 aromatic heterocycles. The van der Waals surface area contributed by atoms with Gasteiger partial charge in [-0.3, -0.25) is 4.90 Å². The zero-order valence-corrected chi connectivity index (χ0v) is 29.5. The van der Waals surface area contributed by atoms with Crippen LogP contribution in [0.5, 0.6) is 17.6 Å². The molecular formula is C39H43F2N5O6. The quantitative estimate of drug-likeness (QED) is 0.223. The summed E-state index contributed by atoms with van der Waals surface area (Å²) >= 11 is 0. The van der Waals surface area contributed by atoms with Gasteiger partial charge in [-0.15, -0.1) is 6.42 Å². The van der Waals surface area contributed by atoms with Crippen LogP contribution in [0.2, 0.25) is 0 Å². The van der Waals surface area contributed by atoms with Crippen molar-refractivity contribution in [3.8, 4) is 41.2 Å². The van der Waals surface area contributed by atoms with Gasteiger partial charge in [0.25, 0.3) is 0 Å². The van der Waals surface area contributed by atoms with Gasteiger partial charge in [0.05, 0.1) is 38.5 Å². The Balaban J connectivity index is 1.25. The Kier molecular flexibility index (Phi) is 9.06. The Morgan fingerprint density at radius 2 is 1.90 bits per heavy atom. The van der Waals surface area contributed by atoms with Gasteiger partial charge in [0.1, 0.15) is 34.0 Å². The third-order valence-corrected chi connectivity index (χ3v) is 11.3. The van der Waals surface area contributed by atoms with Crippen LogP contribution in [0.25, 0.3) is 32.9 Å². The summed E-state index contributed by atoms with van der Waals surface area (Å²) in [4.78, 5) is 18.4. The number of anilines is 1. The van der Waals surface area contributed by atoms with Gasteiger partial charge in [0.2, 0.25) is 5.88 Å².